The summed E-state index contributed by atoms with van der Waals surface area (Å²) in [5.74, 6) is 0. The van der Waals surface area contributed by atoms with E-state index >= 15 is 0 Å². The molecule has 0 spiro atoms. The molecular formula is C17H15Cl2CoN3. The van der Waals surface area contributed by atoms with Crippen LogP contribution in [-0.2, 0) is 12.6 Å². The summed E-state index contributed by atoms with van der Waals surface area (Å²) in [4.78, 5) is 13.7. The Hall–Kier alpha value is -1.72. The van der Waals surface area contributed by atoms with Gasteiger partial charge in [0.05, 0.1) is 0 Å². The van der Waals surface area contributed by atoms with Crippen molar-refractivity contribution < 1.29 is 37.4 Å². The van der Waals surface area contributed by atoms with Gasteiger partial charge in [0.1, 0.15) is 0 Å². The summed E-state index contributed by atoms with van der Waals surface area (Å²) in [7, 11) is 0. The first kappa shape index (κ1) is 19.3. The number of hydrogen-bond acceptors (Lipinski definition) is 3. The summed E-state index contributed by atoms with van der Waals surface area (Å²) in [6, 6.07) is 17.8. The van der Waals surface area contributed by atoms with Crippen LogP contribution in [0.1, 0.15) is 0 Å². The summed E-state index contributed by atoms with van der Waals surface area (Å²) in [5, 5.41) is 1.97. The van der Waals surface area contributed by atoms with E-state index in [0.717, 1.165) is 13.9 Å². The van der Waals surface area contributed by atoms with Crippen molar-refractivity contribution in [2.24, 2.45) is 0 Å². The van der Waals surface area contributed by atoms with Crippen LogP contribution in [0.15, 0.2) is 84.8 Å². The van der Waals surface area contributed by atoms with E-state index in [1.165, 1.54) is 0 Å². The molecule has 3 rings (SSSR count). The molecule has 3 aromatic heterocycles. The number of nitrogens with zero attached hydrogens (tertiary/aromatic N) is 3. The van der Waals surface area contributed by atoms with Crippen LogP contribution in [0, 0.1) is 0 Å². The zero-order chi connectivity index (χ0) is 14.5. The van der Waals surface area contributed by atoms with E-state index in [1.54, 1.807) is 18.6 Å². The van der Waals surface area contributed by atoms with Gasteiger partial charge in [0.25, 0.3) is 0 Å². The molecule has 0 atom stereocenters. The van der Waals surface area contributed by atoms with Crippen molar-refractivity contribution in [3.05, 3.63) is 84.8 Å². The first-order valence-corrected chi connectivity index (χ1v) is 8.57. The Bertz CT molecular complexity index is 628. The van der Waals surface area contributed by atoms with Gasteiger partial charge in [0, 0.05) is 0 Å². The predicted molar refractivity (Wildman–Crippen MR) is 81.8 cm³/mol. The first-order chi connectivity index (χ1) is 10.4. The fourth-order valence-electron chi connectivity index (χ4n) is 1.94. The number of pyridine rings is 3. The SMILES string of the molecule is C=[CH][Co+2]([c]1ccccn1)([c]1ccccn1)[c]1ccccn1.[Cl-].[Cl-]. The van der Waals surface area contributed by atoms with Gasteiger partial charge in [0.15, 0.2) is 0 Å². The Labute approximate surface area is 150 Å². The maximum atomic E-state index is 4.57. The van der Waals surface area contributed by atoms with Gasteiger partial charge in [0.2, 0.25) is 0 Å². The quantitative estimate of drug-likeness (QED) is 0.450. The Balaban J connectivity index is 0.00000132. The summed E-state index contributed by atoms with van der Waals surface area (Å²) in [6.45, 7) is 4.09. The molecule has 0 saturated heterocycles. The Morgan fingerprint density at radius 2 is 1.00 bits per heavy atom. The molecule has 3 heterocycles. The van der Waals surface area contributed by atoms with Gasteiger partial charge in [-0.05, 0) is 0 Å². The minimum atomic E-state index is -2.08. The Kier molecular flexibility index (Phi) is 7.39. The summed E-state index contributed by atoms with van der Waals surface area (Å²) in [5.41, 5.74) is 0. The van der Waals surface area contributed by atoms with Gasteiger partial charge in [-0.25, -0.2) is 0 Å². The van der Waals surface area contributed by atoms with E-state index in [0.29, 0.717) is 0 Å². The second-order valence-corrected chi connectivity index (χ2v) is 7.77. The third-order valence-corrected chi connectivity index (χ3v) is 6.94. The van der Waals surface area contributed by atoms with Crippen LogP contribution < -0.4 is 38.7 Å². The zero-order valence-corrected chi connectivity index (χ0v) is 14.7. The molecule has 0 saturated carbocycles. The van der Waals surface area contributed by atoms with Gasteiger partial charge in [-0.15, -0.1) is 0 Å². The number of halogens is 2. The number of hydrogen-bond donors (Lipinski definition) is 0. The Morgan fingerprint density at radius 3 is 1.22 bits per heavy atom. The van der Waals surface area contributed by atoms with Crippen LogP contribution >= 0.6 is 0 Å². The molecule has 121 valence electrons. The third-order valence-electron chi connectivity index (χ3n) is 2.86. The first-order valence-electron chi connectivity index (χ1n) is 6.41. The molecule has 0 amide bonds. The van der Waals surface area contributed by atoms with E-state index in [9.17, 15) is 0 Å². The van der Waals surface area contributed by atoms with Crippen molar-refractivity contribution in [1.82, 2.24) is 15.0 Å². The van der Waals surface area contributed by atoms with E-state index in [1.807, 2.05) is 59.6 Å². The van der Waals surface area contributed by atoms with Crippen molar-refractivity contribution in [3.63, 3.8) is 0 Å². The maximum absolute atomic E-state index is 4.57. The molecule has 0 aromatic carbocycles. The van der Waals surface area contributed by atoms with Gasteiger partial charge in [-0.2, -0.15) is 0 Å². The second-order valence-electron chi connectivity index (χ2n) is 4.06. The molecule has 0 fully saturated rings. The van der Waals surface area contributed by atoms with Crippen LogP contribution in [-0.4, -0.2) is 15.0 Å². The van der Waals surface area contributed by atoms with Crippen molar-refractivity contribution in [3.8, 4) is 0 Å². The summed E-state index contributed by atoms with van der Waals surface area (Å²) >= 11 is -2.08. The minimum absolute atomic E-state index is 0. The van der Waals surface area contributed by atoms with Gasteiger partial charge in [-0.1, -0.05) is 0 Å². The van der Waals surface area contributed by atoms with Gasteiger partial charge >= 0.3 is 126 Å². The van der Waals surface area contributed by atoms with Crippen molar-refractivity contribution >= 4 is 13.9 Å². The van der Waals surface area contributed by atoms with Crippen molar-refractivity contribution in [2.75, 3.05) is 0 Å². The van der Waals surface area contributed by atoms with Crippen LogP contribution in [0.3, 0.4) is 0 Å². The Morgan fingerprint density at radius 1 is 0.652 bits per heavy atom. The summed E-state index contributed by atoms with van der Waals surface area (Å²) < 4.78 is 2.90. The second kappa shape index (κ2) is 8.79. The average Bonchev–Trinajstić information content (AvgIpc) is 2.59. The molecular weight excluding hydrogens is 376 g/mol. The molecule has 0 radical (unpaired) electrons. The third kappa shape index (κ3) is 3.62. The van der Waals surface area contributed by atoms with E-state index in [4.69, 9.17) is 0 Å². The van der Waals surface area contributed by atoms with Crippen LogP contribution in [0.25, 0.3) is 0 Å². The largest absolute Gasteiger partial charge is 1.00 e. The van der Waals surface area contributed by atoms with Crippen LogP contribution in [0.5, 0.6) is 0 Å². The molecule has 23 heavy (non-hydrogen) atoms. The minimum Gasteiger partial charge on any atom is -1.00 e. The molecule has 0 aliphatic heterocycles. The number of rotatable bonds is 4. The van der Waals surface area contributed by atoms with E-state index in [2.05, 4.69) is 21.5 Å². The monoisotopic (exact) mass is 390 g/mol. The fourth-order valence-corrected chi connectivity index (χ4v) is 5.40. The smallest absolute Gasteiger partial charge is 1.00 e. The topological polar surface area (TPSA) is 38.7 Å². The normalized spacial score (nSPS) is 10.8. The van der Waals surface area contributed by atoms with Gasteiger partial charge < -0.3 is 24.8 Å². The van der Waals surface area contributed by atoms with Crippen LogP contribution in [0.4, 0.5) is 0 Å². The number of aromatic nitrogens is 3. The summed E-state index contributed by atoms with van der Waals surface area (Å²) in [6.07, 6.45) is 5.41. The van der Waals surface area contributed by atoms with Crippen molar-refractivity contribution in [2.45, 2.75) is 0 Å². The zero-order valence-electron chi connectivity index (χ0n) is 12.1. The average molecular weight is 391 g/mol. The predicted octanol–water partition coefficient (Wildman–Crippen LogP) is -4.55. The fraction of sp³-hybridized carbons (Fsp3) is 0. The van der Waals surface area contributed by atoms with Crippen molar-refractivity contribution in [1.29, 1.82) is 0 Å². The molecule has 0 aliphatic rings. The molecule has 3 aromatic rings. The van der Waals surface area contributed by atoms with Crippen LogP contribution in [0.2, 0.25) is 0 Å². The van der Waals surface area contributed by atoms with Gasteiger partial charge in [-0.3, -0.25) is 0 Å². The van der Waals surface area contributed by atoms with E-state index < -0.39 is 12.6 Å². The molecule has 0 N–H and O–H groups in total. The maximum Gasteiger partial charge on any atom is -1.00 e. The molecule has 0 bridgehead atoms. The standard InChI is InChI=1S/3C5H4N.C2H3.2ClH.Co/c3*1-2-4-6-5-3-1;1-2;;;/h3*1-4H;1H,2H2;2*1H;/q;;;;;;+2/p-2. The molecule has 0 aliphatic carbocycles. The van der Waals surface area contributed by atoms with E-state index in [-0.39, 0.29) is 24.8 Å². The molecule has 6 heteroatoms. The molecule has 0 unspecified atom stereocenters. The molecule has 3 nitrogen and oxygen atoms in total.